The van der Waals surface area contributed by atoms with Gasteiger partial charge in [0.05, 0.1) is 28.1 Å². The minimum atomic E-state index is 0.534. The van der Waals surface area contributed by atoms with Crippen LogP contribution < -0.4 is 0 Å². The monoisotopic (exact) mass is 339 g/mol. The van der Waals surface area contributed by atoms with E-state index < -0.39 is 0 Å². The average Bonchev–Trinajstić information content (AvgIpc) is 3.02. The molecular weight excluding hydrogens is 331 g/mol. The maximum absolute atomic E-state index is 6.33. The Morgan fingerprint density at radius 1 is 1.00 bits per heavy atom. The second kappa shape index (κ2) is 5.65. The minimum absolute atomic E-state index is 0.534. The Hall–Kier alpha value is -2.43. The van der Waals surface area contributed by atoms with E-state index >= 15 is 0 Å². The Kier molecular flexibility index (Phi) is 3.48. The number of nitrogens with zero attached hydrogens (tertiary/aromatic N) is 3. The second-order valence-electron chi connectivity index (χ2n) is 4.99. The number of rotatable bonds is 2. The van der Waals surface area contributed by atoms with Crippen LogP contribution in [0.1, 0.15) is 0 Å². The van der Waals surface area contributed by atoms with Crippen molar-refractivity contribution in [1.82, 2.24) is 19.9 Å². The van der Waals surface area contributed by atoms with Crippen LogP contribution >= 0.6 is 23.2 Å². The van der Waals surface area contributed by atoms with Crippen molar-refractivity contribution in [2.24, 2.45) is 0 Å². The van der Waals surface area contributed by atoms with Crippen molar-refractivity contribution in [2.75, 3.05) is 0 Å². The fourth-order valence-electron chi connectivity index (χ4n) is 2.49. The van der Waals surface area contributed by atoms with Gasteiger partial charge in [0.2, 0.25) is 0 Å². The van der Waals surface area contributed by atoms with Gasteiger partial charge in [0.25, 0.3) is 0 Å². The minimum Gasteiger partial charge on any atom is -0.345 e. The lowest BCUT2D eigenvalue weighted by Gasteiger charge is -2.10. The van der Waals surface area contributed by atoms with E-state index in [0.717, 1.165) is 27.7 Å². The molecule has 0 fully saturated rings. The summed E-state index contributed by atoms with van der Waals surface area (Å²) in [6.07, 6.45) is 6.02. The summed E-state index contributed by atoms with van der Waals surface area (Å²) in [5.41, 5.74) is 5.16. The number of imidazole rings is 1. The number of benzene rings is 2. The number of halogens is 2. The molecule has 0 aliphatic heterocycles. The Balaban J connectivity index is 1.92. The Bertz CT molecular complexity index is 1010. The molecule has 0 saturated heterocycles. The molecule has 4 nitrogen and oxygen atoms in total. The van der Waals surface area contributed by atoms with Crippen LogP contribution in [-0.4, -0.2) is 19.9 Å². The van der Waals surface area contributed by atoms with E-state index in [-0.39, 0.29) is 0 Å². The largest absolute Gasteiger partial charge is 0.345 e. The quantitative estimate of drug-likeness (QED) is 0.571. The van der Waals surface area contributed by atoms with Crippen LogP contribution in [-0.2, 0) is 0 Å². The van der Waals surface area contributed by atoms with Gasteiger partial charge in [-0.05, 0) is 35.9 Å². The standard InChI is InChI=1S/C17H9Cl2N4/c18-11-2-3-12(14(19)6-11)17-13(7-20-8-23-17)10-1-4-15-16(5-10)22-9-21-15/h1-7,9H,(H,21,22). The molecule has 4 rings (SSSR count). The van der Waals surface area contributed by atoms with E-state index in [0.29, 0.717) is 15.7 Å². The summed E-state index contributed by atoms with van der Waals surface area (Å²) in [5, 5.41) is 1.11. The first-order valence-corrected chi connectivity index (χ1v) is 7.60. The normalized spacial score (nSPS) is 11.0. The van der Waals surface area contributed by atoms with Gasteiger partial charge in [0, 0.05) is 22.3 Å². The first-order valence-electron chi connectivity index (χ1n) is 6.84. The fraction of sp³-hybridized carbons (Fsp3) is 0. The maximum Gasteiger partial charge on any atom is 0.198 e. The van der Waals surface area contributed by atoms with Gasteiger partial charge < -0.3 is 4.98 Å². The summed E-state index contributed by atoms with van der Waals surface area (Å²) in [7, 11) is 0. The van der Waals surface area contributed by atoms with Crippen molar-refractivity contribution < 1.29 is 0 Å². The molecule has 0 saturated carbocycles. The van der Waals surface area contributed by atoms with Crippen LogP contribution in [0, 0.1) is 6.33 Å². The van der Waals surface area contributed by atoms with E-state index in [2.05, 4.69) is 26.3 Å². The maximum atomic E-state index is 6.33. The second-order valence-corrected chi connectivity index (χ2v) is 5.83. The van der Waals surface area contributed by atoms with Gasteiger partial charge in [0.1, 0.15) is 0 Å². The first-order chi connectivity index (χ1) is 11.2. The van der Waals surface area contributed by atoms with Crippen LogP contribution in [0.5, 0.6) is 0 Å². The van der Waals surface area contributed by atoms with Crippen molar-refractivity contribution in [2.45, 2.75) is 0 Å². The van der Waals surface area contributed by atoms with Crippen LogP contribution in [0.25, 0.3) is 33.4 Å². The highest BCUT2D eigenvalue weighted by molar-refractivity contribution is 6.36. The van der Waals surface area contributed by atoms with Crippen LogP contribution in [0.15, 0.2) is 48.9 Å². The lowest BCUT2D eigenvalue weighted by Crippen LogP contribution is -1.92. The molecule has 0 atom stereocenters. The molecule has 23 heavy (non-hydrogen) atoms. The Labute approximate surface area is 142 Å². The van der Waals surface area contributed by atoms with Gasteiger partial charge in [-0.3, -0.25) is 0 Å². The smallest absolute Gasteiger partial charge is 0.198 e. The van der Waals surface area contributed by atoms with Crippen molar-refractivity contribution in [3.8, 4) is 22.4 Å². The number of hydrogen-bond donors (Lipinski definition) is 1. The molecule has 0 amide bonds. The van der Waals surface area contributed by atoms with Crippen molar-refractivity contribution in [3.05, 3.63) is 65.3 Å². The number of aromatic nitrogens is 4. The van der Waals surface area contributed by atoms with E-state index in [1.165, 1.54) is 0 Å². The SMILES string of the molecule is Clc1ccc(-c2n[c]ncc2-c2ccc3[nH]cnc3c2)c(Cl)c1. The summed E-state index contributed by atoms with van der Waals surface area (Å²) in [4.78, 5) is 15.7. The highest BCUT2D eigenvalue weighted by Crippen LogP contribution is 2.35. The molecule has 1 radical (unpaired) electrons. The molecule has 4 aromatic rings. The zero-order valence-electron chi connectivity index (χ0n) is 11.7. The molecule has 0 spiro atoms. The number of aromatic amines is 1. The van der Waals surface area contributed by atoms with Gasteiger partial charge in [-0.25, -0.2) is 15.0 Å². The van der Waals surface area contributed by atoms with Crippen LogP contribution in [0.4, 0.5) is 0 Å². The predicted molar refractivity (Wildman–Crippen MR) is 91.4 cm³/mol. The van der Waals surface area contributed by atoms with Crippen molar-refractivity contribution in [3.63, 3.8) is 0 Å². The summed E-state index contributed by atoms with van der Waals surface area (Å²) in [5.74, 6) is 0. The number of fused-ring (bicyclic) bond motifs is 1. The predicted octanol–water partition coefficient (Wildman–Crippen LogP) is 4.79. The number of H-pyrrole nitrogens is 1. The molecule has 6 heteroatoms. The number of nitrogens with one attached hydrogen (secondary N) is 1. The topological polar surface area (TPSA) is 54.5 Å². The third-order valence-electron chi connectivity index (χ3n) is 3.59. The molecule has 0 aliphatic carbocycles. The van der Waals surface area contributed by atoms with Crippen molar-refractivity contribution in [1.29, 1.82) is 0 Å². The molecule has 0 bridgehead atoms. The summed E-state index contributed by atoms with van der Waals surface area (Å²) in [6, 6.07) is 11.3. The zero-order chi connectivity index (χ0) is 15.8. The molecule has 0 aliphatic rings. The Morgan fingerprint density at radius 2 is 1.91 bits per heavy atom. The summed E-state index contributed by atoms with van der Waals surface area (Å²) in [6.45, 7) is 0. The lowest BCUT2D eigenvalue weighted by molar-refractivity contribution is 1.16. The van der Waals surface area contributed by atoms with Gasteiger partial charge in [0.15, 0.2) is 6.33 Å². The van der Waals surface area contributed by atoms with Gasteiger partial charge in [-0.2, -0.15) is 0 Å². The molecular formula is C17H9Cl2N4. The third kappa shape index (κ3) is 2.56. The molecule has 1 N–H and O–H groups in total. The summed E-state index contributed by atoms with van der Waals surface area (Å²) >= 11 is 12.3. The van der Waals surface area contributed by atoms with Crippen LogP contribution in [0.2, 0.25) is 10.0 Å². The average molecular weight is 340 g/mol. The van der Waals surface area contributed by atoms with Gasteiger partial charge in [-0.15, -0.1) is 0 Å². The molecule has 2 heterocycles. The third-order valence-corrected chi connectivity index (χ3v) is 4.13. The van der Waals surface area contributed by atoms with Gasteiger partial charge in [-0.1, -0.05) is 29.3 Å². The first kappa shape index (κ1) is 14.2. The zero-order valence-corrected chi connectivity index (χ0v) is 13.2. The van der Waals surface area contributed by atoms with Crippen LogP contribution in [0.3, 0.4) is 0 Å². The highest BCUT2D eigenvalue weighted by atomic mass is 35.5. The van der Waals surface area contributed by atoms with E-state index in [9.17, 15) is 0 Å². The summed E-state index contributed by atoms with van der Waals surface area (Å²) < 4.78 is 0. The molecule has 2 aromatic carbocycles. The molecule has 2 aromatic heterocycles. The highest BCUT2D eigenvalue weighted by Gasteiger charge is 2.13. The lowest BCUT2D eigenvalue weighted by atomic mass is 10.0. The Morgan fingerprint density at radius 3 is 2.78 bits per heavy atom. The fourth-order valence-corrected chi connectivity index (χ4v) is 2.99. The van der Waals surface area contributed by atoms with Gasteiger partial charge >= 0.3 is 0 Å². The number of hydrogen-bond acceptors (Lipinski definition) is 3. The van der Waals surface area contributed by atoms with Crippen molar-refractivity contribution >= 4 is 34.2 Å². The molecule has 111 valence electrons. The van der Waals surface area contributed by atoms with E-state index in [4.69, 9.17) is 23.2 Å². The molecule has 0 unspecified atom stereocenters. The van der Waals surface area contributed by atoms with E-state index in [1.54, 1.807) is 24.7 Å². The van der Waals surface area contributed by atoms with E-state index in [1.807, 2.05) is 24.3 Å².